The Morgan fingerprint density at radius 1 is 1.19 bits per heavy atom. The number of fused-ring (bicyclic) bond motifs is 1. The van der Waals surface area contributed by atoms with Crippen LogP contribution in [0.4, 0.5) is 0 Å². The van der Waals surface area contributed by atoms with Gasteiger partial charge in [-0.3, -0.25) is 0 Å². The van der Waals surface area contributed by atoms with Gasteiger partial charge in [0.25, 0.3) is 0 Å². The molecule has 0 spiro atoms. The lowest BCUT2D eigenvalue weighted by Gasteiger charge is -2.48. The molecule has 2 aliphatic carbocycles. The molecule has 3 N–H and O–H groups in total. The Balaban J connectivity index is 2.20. The first kappa shape index (κ1) is 11.9. The highest BCUT2D eigenvalue weighted by Gasteiger charge is 2.51. The van der Waals surface area contributed by atoms with E-state index in [4.69, 9.17) is 5.11 Å². The molecule has 0 saturated heterocycles. The Kier molecular flexibility index (Phi) is 3.22. The topological polar surface area (TPSA) is 77.8 Å². The Morgan fingerprint density at radius 2 is 1.81 bits per heavy atom. The summed E-state index contributed by atoms with van der Waals surface area (Å²) in [7, 11) is 0. The molecular weight excluding hydrogens is 208 g/mol. The maximum absolute atomic E-state index is 10.9. The predicted molar refractivity (Wildman–Crippen MR) is 57.9 cm³/mol. The van der Waals surface area contributed by atoms with Gasteiger partial charge >= 0.3 is 5.97 Å². The molecule has 0 aromatic carbocycles. The van der Waals surface area contributed by atoms with Gasteiger partial charge in [-0.25, -0.2) is 4.79 Å². The lowest BCUT2D eigenvalue weighted by Crippen LogP contribution is -2.57. The van der Waals surface area contributed by atoms with Crippen LogP contribution < -0.4 is 0 Å². The number of rotatable bonds is 2. The van der Waals surface area contributed by atoms with Gasteiger partial charge in [0, 0.05) is 0 Å². The third-order valence-electron chi connectivity index (χ3n) is 4.41. The van der Waals surface area contributed by atoms with Crippen molar-refractivity contribution in [2.45, 2.75) is 56.7 Å². The number of carboxylic acid groups (broad SMARTS) is 1. The lowest BCUT2D eigenvalue weighted by molar-refractivity contribution is -0.185. The van der Waals surface area contributed by atoms with E-state index in [0.717, 1.165) is 32.1 Å². The first-order chi connectivity index (χ1) is 7.55. The molecule has 4 atom stereocenters. The minimum atomic E-state index is -1.63. The largest absolute Gasteiger partial charge is 0.479 e. The van der Waals surface area contributed by atoms with Crippen LogP contribution in [-0.4, -0.2) is 33.0 Å². The zero-order valence-corrected chi connectivity index (χ0v) is 9.43. The first-order valence-corrected chi connectivity index (χ1v) is 6.19. The third kappa shape index (κ3) is 1.84. The Bertz CT molecular complexity index is 276. The molecule has 2 saturated carbocycles. The van der Waals surface area contributed by atoms with Crippen molar-refractivity contribution in [1.82, 2.24) is 0 Å². The van der Waals surface area contributed by atoms with Gasteiger partial charge in [-0.2, -0.15) is 0 Å². The molecule has 0 heterocycles. The number of aliphatic hydroxyl groups is 2. The van der Waals surface area contributed by atoms with Crippen LogP contribution >= 0.6 is 0 Å². The summed E-state index contributed by atoms with van der Waals surface area (Å²) in [4.78, 5) is 10.9. The van der Waals surface area contributed by atoms with E-state index in [1.54, 1.807) is 0 Å². The fourth-order valence-corrected chi connectivity index (χ4v) is 3.60. The number of aliphatic carboxylic acids is 1. The van der Waals surface area contributed by atoms with Crippen LogP contribution in [0.3, 0.4) is 0 Å². The van der Waals surface area contributed by atoms with Gasteiger partial charge in [0.1, 0.15) is 5.60 Å². The van der Waals surface area contributed by atoms with Gasteiger partial charge in [0.2, 0.25) is 0 Å². The molecule has 4 nitrogen and oxygen atoms in total. The molecule has 0 radical (unpaired) electrons. The molecule has 16 heavy (non-hydrogen) atoms. The van der Waals surface area contributed by atoms with Crippen LogP contribution in [-0.2, 0) is 4.79 Å². The van der Waals surface area contributed by atoms with E-state index in [1.165, 1.54) is 6.42 Å². The summed E-state index contributed by atoms with van der Waals surface area (Å²) >= 11 is 0. The van der Waals surface area contributed by atoms with Crippen LogP contribution in [0, 0.1) is 11.8 Å². The average Bonchev–Trinajstić information content (AvgIpc) is 2.28. The summed E-state index contributed by atoms with van der Waals surface area (Å²) in [5.41, 5.74) is -1.39. The fourth-order valence-electron chi connectivity index (χ4n) is 3.60. The minimum absolute atomic E-state index is 0.0268. The summed E-state index contributed by atoms with van der Waals surface area (Å²) in [6.45, 7) is 0. The summed E-state index contributed by atoms with van der Waals surface area (Å²) in [6.07, 6.45) is 4.81. The van der Waals surface area contributed by atoms with Gasteiger partial charge in [-0.1, -0.05) is 25.7 Å². The minimum Gasteiger partial charge on any atom is -0.479 e. The molecule has 2 rings (SSSR count). The van der Waals surface area contributed by atoms with Gasteiger partial charge in [0.05, 0.1) is 0 Å². The SMILES string of the molecule is O=C(O)C(O)C1(O)CCCC2CCCCC21. The Morgan fingerprint density at radius 3 is 2.50 bits per heavy atom. The molecule has 0 amide bonds. The van der Waals surface area contributed by atoms with Crippen molar-refractivity contribution in [2.24, 2.45) is 11.8 Å². The van der Waals surface area contributed by atoms with Crippen molar-refractivity contribution in [2.75, 3.05) is 0 Å². The summed E-state index contributed by atoms with van der Waals surface area (Å²) in [6, 6.07) is 0. The monoisotopic (exact) mass is 228 g/mol. The third-order valence-corrected chi connectivity index (χ3v) is 4.41. The fraction of sp³-hybridized carbons (Fsp3) is 0.917. The van der Waals surface area contributed by atoms with Crippen LogP contribution in [0.5, 0.6) is 0 Å². The smallest absolute Gasteiger partial charge is 0.335 e. The molecule has 2 fully saturated rings. The molecular formula is C12H20O4. The average molecular weight is 228 g/mol. The standard InChI is InChI=1S/C12H20O4/c13-10(11(14)15)12(16)7-3-5-8-4-1-2-6-9(8)12/h8-10,13,16H,1-7H2,(H,14,15). The van der Waals surface area contributed by atoms with Crippen molar-refractivity contribution in [3.63, 3.8) is 0 Å². The second-order valence-electron chi connectivity index (χ2n) is 5.28. The van der Waals surface area contributed by atoms with Gasteiger partial charge < -0.3 is 15.3 Å². The number of hydrogen-bond donors (Lipinski definition) is 3. The van der Waals surface area contributed by atoms with Crippen LogP contribution in [0.25, 0.3) is 0 Å². The van der Waals surface area contributed by atoms with Gasteiger partial charge in [-0.15, -0.1) is 0 Å². The molecule has 2 aliphatic rings. The summed E-state index contributed by atoms with van der Waals surface area (Å²) < 4.78 is 0. The lowest BCUT2D eigenvalue weighted by atomic mass is 9.61. The molecule has 4 unspecified atom stereocenters. The second kappa shape index (κ2) is 4.34. The van der Waals surface area contributed by atoms with E-state index >= 15 is 0 Å². The number of carboxylic acids is 1. The zero-order valence-electron chi connectivity index (χ0n) is 9.43. The van der Waals surface area contributed by atoms with Crippen molar-refractivity contribution < 1.29 is 20.1 Å². The van der Waals surface area contributed by atoms with Crippen LogP contribution in [0.15, 0.2) is 0 Å². The molecule has 4 heteroatoms. The second-order valence-corrected chi connectivity index (χ2v) is 5.28. The highest BCUT2D eigenvalue weighted by molar-refractivity contribution is 5.73. The number of hydrogen-bond acceptors (Lipinski definition) is 3. The van der Waals surface area contributed by atoms with E-state index in [2.05, 4.69) is 0 Å². The van der Waals surface area contributed by atoms with E-state index < -0.39 is 17.7 Å². The normalized spacial score (nSPS) is 41.1. The van der Waals surface area contributed by atoms with Crippen molar-refractivity contribution in [1.29, 1.82) is 0 Å². The van der Waals surface area contributed by atoms with E-state index in [-0.39, 0.29) is 5.92 Å². The maximum atomic E-state index is 10.9. The zero-order chi connectivity index (χ0) is 11.8. The van der Waals surface area contributed by atoms with E-state index in [0.29, 0.717) is 12.3 Å². The van der Waals surface area contributed by atoms with Crippen LogP contribution in [0.1, 0.15) is 44.9 Å². The molecule has 0 aliphatic heterocycles. The maximum Gasteiger partial charge on any atom is 0.335 e. The molecule has 0 aromatic rings. The van der Waals surface area contributed by atoms with Gasteiger partial charge in [-0.05, 0) is 31.1 Å². The molecule has 92 valence electrons. The van der Waals surface area contributed by atoms with Gasteiger partial charge in [0.15, 0.2) is 6.10 Å². The van der Waals surface area contributed by atoms with E-state index in [9.17, 15) is 15.0 Å². The first-order valence-electron chi connectivity index (χ1n) is 6.19. The van der Waals surface area contributed by atoms with E-state index in [1.807, 2.05) is 0 Å². The summed E-state index contributed by atoms with van der Waals surface area (Å²) in [5, 5.41) is 29.1. The van der Waals surface area contributed by atoms with Crippen molar-refractivity contribution in [3.8, 4) is 0 Å². The predicted octanol–water partition coefficient (Wildman–Crippen LogP) is 1.15. The van der Waals surface area contributed by atoms with Crippen molar-refractivity contribution >= 4 is 5.97 Å². The quantitative estimate of drug-likeness (QED) is 0.662. The Hall–Kier alpha value is -0.610. The molecule has 0 bridgehead atoms. The highest BCUT2D eigenvalue weighted by Crippen LogP contribution is 2.47. The number of aliphatic hydroxyl groups excluding tert-OH is 1. The number of carbonyl (C=O) groups is 1. The highest BCUT2D eigenvalue weighted by atomic mass is 16.4. The summed E-state index contributed by atoms with van der Waals surface area (Å²) in [5.74, 6) is -0.920. The van der Waals surface area contributed by atoms with Crippen molar-refractivity contribution in [3.05, 3.63) is 0 Å². The Labute approximate surface area is 95.3 Å². The molecule has 0 aromatic heterocycles. The van der Waals surface area contributed by atoms with Crippen LogP contribution in [0.2, 0.25) is 0 Å².